The van der Waals surface area contributed by atoms with Gasteiger partial charge in [0.05, 0.1) is 4.90 Å². The first kappa shape index (κ1) is 20.1. The van der Waals surface area contributed by atoms with Gasteiger partial charge in [-0.2, -0.15) is 0 Å². The molecule has 140 valence electrons. The Morgan fingerprint density at radius 3 is 2.08 bits per heavy atom. The molecule has 0 fully saturated rings. The van der Waals surface area contributed by atoms with E-state index in [1.807, 2.05) is 51.1 Å². The molecule has 5 nitrogen and oxygen atoms in total. The lowest BCUT2D eigenvalue weighted by Crippen LogP contribution is -2.29. The van der Waals surface area contributed by atoms with Gasteiger partial charge in [0.2, 0.25) is 15.9 Å². The molecule has 1 amide bonds. The van der Waals surface area contributed by atoms with Crippen molar-refractivity contribution < 1.29 is 13.2 Å². The molecule has 2 rings (SSSR count). The number of carbonyl (C=O) groups is 1. The van der Waals surface area contributed by atoms with Crippen molar-refractivity contribution in [2.75, 3.05) is 11.9 Å². The number of anilines is 1. The van der Waals surface area contributed by atoms with Crippen molar-refractivity contribution in [1.29, 1.82) is 0 Å². The van der Waals surface area contributed by atoms with E-state index in [1.165, 1.54) is 0 Å². The Hall–Kier alpha value is -2.18. The van der Waals surface area contributed by atoms with Gasteiger partial charge in [-0.1, -0.05) is 23.8 Å². The third-order valence-corrected chi connectivity index (χ3v) is 6.07. The Kier molecular flexibility index (Phi) is 6.21. The Morgan fingerprint density at radius 1 is 0.885 bits per heavy atom. The first-order valence-corrected chi connectivity index (χ1v) is 10.0. The summed E-state index contributed by atoms with van der Waals surface area (Å²) in [6.07, 6.45) is 0.0656. The lowest BCUT2D eigenvalue weighted by atomic mass is 10.1. The molecule has 0 saturated carbocycles. The third kappa shape index (κ3) is 4.93. The largest absolute Gasteiger partial charge is 0.326 e. The van der Waals surface area contributed by atoms with Crippen LogP contribution in [0, 0.1) is 34.6 Å². The van der Waals surface area contributed by atoms with Gasteiger partial charge in [0.1, 0.15) is 0 Å². The van der Waals surface area contributed by atoms with E-state index in [-0.39, 0.29) is 23.8 Å². The molecular weight excluding hydrogens is 348 g/mol. The first-order chi connectivity index (χ1) is 12.1. The number of hydrogen-bond acceptors (Lipinski definition) is 3. The molecule has 6 heteroatoms. The molecule has 0 spiro atoms. The number of rotatable bonds is 6. The zero-order valence-electron chi connectivity index (χ0n) is 15.9. The van der Waals surface area contributed by atoms with E-state index < -0.39 is 10.0 Å². The van der Waals surface area contributed by atoms with Crippen LogP contribution >= 0.6 is 0 Å². The third-order valence-electron chi connectivity index (χ3n) is 4.31. The van der Waals surface area contributed by atoms with E-state index in [1.54, 1.807) is 13.8 Å². The molecular formula is C20H26N2O3S. The predicted molar refractivity (Wildman–Crippen MR) is 105 cm³/mol. The molecule has 0 unspecified atom stereocenters. The van der Waals surface area contributed by atoms with Crippen molar-refractivity contribution in [1.82, 2.24) is 4.72 Å². The van der Waals surface area contributed by atoms with Gasteiger partial charge in [0.15, 0.2) is 0 Å². The summed E-state index contributed by atoms with van der Waals surface area (Å²) >= 11 is 0. The normalized spacial score (nSPS) is 11.4. The van der Waals surface area contributed by atoms with Crippen LogP contribution in [0.3, 0.4) is 0 Å². The van der Waals surface area contributed by atoms with E-state index in [0.29, 0.717) is 16.8 Å². The Balaban J connectivity index is 1.98. The fourth-order valence-corrected chi connectivity index (χ4v) is 4.49. The molecule has 2 aromatic carbocycles. The summed E-state index contributed by atoms with van der Waals surface area (Å²) in [5.74, 6) is -0.228. The van der Waals surface area contributed by atoms with Crippen LogP contribution < -0.4 is 10.0 Å². The van der Waals surface area contributed by atoms with E-state index in [2.05, 4.69) is 10.0 Å². The van der Waals surface area contributed by atoms with E-state index in [0.717, 1.165) is 16.7 Å². The second kappa shape index (κ2) is 8.01. The zero-order chi connectivity index (χ0) is 19.5. The fraction of sp³-hybridized carbons (Fsp3) is 0.350. The number of sulfonamides is 1. The Morgan fingerprint density at radius 2 is 1.50 bits per heavy atom. The molecule has 0 bridgehead atoms. The van der Waals surface area contributed by atoms with Crippen LogP contribution in [0.5, 0.6) is 0 Å². The SMILES string of the molecule is Cc1cc(C)c(S(=O)(=O)NCCC(=O)Nc2ccc(C)c(C)c2)c(C)c1. The minimum atomic E-state index is -3.65. The highest BCUT2D eigenvalue weighted by molar-refractivity contribution is 7.89. The standard InChI is InChI=1S/C20H26N2O3S/c1-13-10-16(4)20(17(5)11-13)26(24,25)21-9-8-19(23)22-18-7-6-14(2)15(3)12-18/h6-7,10-12,21H,8-9H2,1-5H3,(H,22,23). The molecule has 2 N–H and O–H groups in total. The van der Waals surface area contributed by atoms with Crippen LogP contribution in [0.25, 0.3) is 0 Å². The number of aryl methyl sites for hydroxylation is 5. The summed E-state index contributed by atoms with van der Waals surface area (Å²) in [4.78, 5) is 12.4. The summed E-state index contributed by atoms with van der Waals surface area (Å²) in [7, 11) is -3.65. The maximum atomic E-state index is 12.6. The maximum absolute atomic E-state index is 12.6. The topological polar surface area (TPSA) is 75.3 Å². The van der Waals surface area contributed by atoms with Gasteiger partial charge in [-0.3, -0.25) is 4.79 Å². The number of hydrogen-bond donors (Lipinski definition) is 2. The van der Waals surface area contributed by atoms with Gasteiger partial charge in [-0.25, -0.2) is 13.1 Å². The minimum Gasteiger partial charge on any atom is -0.326 e. The Labute approximate surface area is 155 Å². The number of benzene rings is 2. The molecule has 0 aliphatic heterocycles. The van der Waals surface area contributed by atoms with Crippen molar-refractivity contribution >= 4 is 21.6 Å². The Bertz CT molecular complexity index is 911. The van der Waals surface area contributed by atoms with Gasteiger partial charge in [0.25, 0.3) is 0 Å². The molecule has 0 aliphatic rings. The first-order valence-electron chi connectivity index (χ1n) is 8.55. The lowest BCUT2D eigenvalue weighted by molar-refractivity contribution is -0.116. The summed E-state index contributed by atoms with van der Waals surface area (Å²) < 4.78 is 27.7. The number of amides is 1. The van der Waals surface area contributed by atoms with Crippen molar-refractivity contribution in [2.45, 2.75) is 45.9 Å². The van der Waals surface area contributed by atoms with Crippen molar-refractivity contribution in [3.63, 3.8) is 0 Å². The maximum Gasteiger partial charge on any atom is 0.241 e. The molecule has 26 heavy (non-hydrogen) atoms. The monoisotopic (exact) mass is 374 g/mol. The van der Waals surface area contributed by atoms with Crippen molar-refractivity contribution in [2.24, 2.45) is 0 Å². The molecule has 0 radical (unpaired) electrons. The fourth-order valence-electron chi connectivity index (χ4n) is 3.00. The van der Waals surface area contributed by atoms with Gasteiger partial charge >= 0.3 is 0 Å². The van der Waals surface area contributed by atoms with Crippen LogP contribution in [0.2, 0.25) is 0 Å². The van der Waals surface area contributed by atoms with Crippen LogP contribution in [0.4, 0.5) is 5.69 Å². The van der Waals surface area contributed by atoms with Gasteiger partial charge in [-0.05, 0) is 69.0 Å². The van der Waals surface area contributed by atoms with Crippen molar-refractivity contribution in [3.05, 3.63) is 58.1 Å². The summed E-state index contributed by atoms with van der Waals surface area (Å²) in [5.41, 5.74) is 5.38. The highest BCUT2D eigenvalue weighted by atomic mass is 32.2. The zero-order valence-corrected chi connectivity index (χ0v) is 16.8. The molecule has 0 aromatic heterocycles. The average molecular weight is 375 g/mol. The van der Waals surface area contributed by atoms with E-state index in [4.69, 9.17) is 0 Å². The smallest absolute Gasteiger partial charge is 0.241 e. The highest BCUT2D eigenvalue weighted by Crippen LogP contribution is 2.21. The second-order valence-electron chi connectivity index (χ2n) is 6.72. The molecule has 0 heterocycles. The summed E-state index contributed by atoms with van der Waals surface area (Å²) in [6.45, 7) is 9.52. The van der Waals surface area contributed by atoms with Crippen LogP contribution in [0.1, 0.15) is 34.2 Å². The number of carbonyl (C=O) groups excluding carboxylic acids is 1. The molecule has 0 atom stereocenters. The van der Waals surface area contributed by atoms with E-state index >= 15 is 0 Å². The summed E-state index contributed by atoms with van der Waals surface area (Å²) in [6, 6.07) is 9.36. The van der Waals surface area contributed by atoms with Crippen LogP contribution in [-0.4, -0.2) is 20.9 Å². The second-order valence-corrected chi connectivity index (χ2v) is 8.43. The van der Waals surface area contributed by atoms with Gasteiger partial charge in [0, 0.05) is 18.7 Å². The van der Waals surface area contributed by atoms with Crippen LogP contribution in [0.15, 0.2) is 35.2 Å². The summed E-state index contributed by atoms with van der Waals surface area (Å²) in [5, 5.41) is 2.79. The molecule has 2 aromatic rings. The van der Waals surface area contributed by atoms with Gasteiger partial charge in [-0.15, -0.1) is 0 Å². The molecule has 0 saturated heterocycles. The van der Waals surface area contributed by atoms with E-state index in [9.17, 15) is 13.2 Å². The molecule has 0 aliphatic carbocycles. The lowest BCUT2D eigenvalue weighted by Gasteiger charge is -2.13. The quantitative estimate of drug-likeness (QED) is 0.812. The minimum absolute atomic E-state index is 0.0474. The van der Waals surface area contributed by atoms with Gasteiger partial charge < -0.3 is 5.32 Å². The average Bonchev–Trinajstić information content (AvgIpc) is 2.49. The number of nitrogens with one attached hydrogen (secondary N) is 2. The predicted octanol–water partition coefficient (Wildman–Crippen LogP) is 3.54. The van der Waals surface area contributed by atoms with Crippen molar-refractivity contribution in [3.8, 4) is 0 Å². The highest BCUT2D eigenvalue weighted by Gasteiger charge is 2.19. The van der Waals surface area contributed by atoms with Crippen LogP contribution in [-0.2, 0) is 14.8 Å².